The fraction of sp³-hybridized carbons (Fsp3) is 0.371. The van der Waals surface area contributed by atoms with Gasteiger partial charge in [0.15, 0.2) is 5.76 Å². The molecule has 0 radical (unpaired) electrons. The molecule has 2 fully saturated rings. The number of carbonyl (C=O) groups excluding carboxylic acids is 2. The first-order valence-corrected chi connectivity index (χ1v) is 15.5. The van der Waals surface area contributed by atoms with Gasteiger partial charge in [-0.1, -0.05) is 12.1 Å². The first-order chi connectivity index (χ1) is 22.1. The van der Waals surface area contributed by atoms with Crippen LogP contribution in [-0.4, -0.2) is 67.0 Å². The summed E-state index contributed by atoms with van der Waals surface area (Å²) in [6, 6.07) is 19.6. The van der Waals surface area contributed by atoms with Gasteiger partial charge in [-0.3, -0.25) is 14.5 Å². The van der Waals surface area contributed by atoms with E-state index >= 15 is 0 Å². The van der Waals surface area contributed by atoms with Gasteiger partial charge in [-0.05, 0) is 79.1 Å². The third-order valence-electron chi connectivity index (χ3n) is 8.69. The zero-order valence-electron chi connectivity index (χ0n) is 25.5. The van der Waals surface area contributed by atoms with Crippen LogP contribution in [-0.2, 0) is 12.7 Å². The average molecular weight is 636 g/mol. The maximum Gasteiger partial charge on any atom is 0.416 e. The summed E-state index contributed by atoms with van der Waals surface area (Å²) in [5.74, 6) is 1.01. The van der Waals surface area contributed by atoms with Crippen molar-refractivity contribution < 1.29 is 36.7 Å². The molecular formula is C35H36F3N3O5. The largest absolute Gasteiger partial charge is 0.497 e. The van der Waals surface area contributed by atoms with Gasteiger partial charge in [-0.2, -0.15) is 13.2 Å². The summed E-state index contributed by atoms with van der Waals surface area (Å²) < 4.78 is 55.4. The predicted molar refractivity (Wildman–Crippen MR) is 166 cm³/mol. The van der Waals surface area contributed by atoms with Gasteiger partial charge < -0.3 is 24.1 Å². The number of methoxy groups -OCH3 is 1. The Morgan fingerprint density at radius 2 is 1.54 bits per heavy atom. The number of carbonyl (C=O) groups is 2. The van der Waals surface area contributed by atoms with Crippen molar-refractivity contribution in [1.29, 1.82) is 0 Å². The lowest BCUT2D eigenvalue weighted by atomic mass is 10.0. The minimum Gasteiger partial charge on any atom is -0.497 e. The van der Waals surface area contributed by atoms with Crippen LogP contribution in [0.3, 0.4) is 0 Å². The Balaban J connectivity index is 0.982. The Morgan fingerprint density at radius 1 is 0.870 bits per heavy atom. The van der Waals surface area contributed by atoms with Crippen molar-refractivity contribution in [1.82, 2.24) is 15.1 Å². The number of ether oxygens (including phenoxy) is 2. The van der Waals surface area contributed by atoms with Crippen molar-refractivity contribution in [2.24, 2.45) is 0 Å². The van der Waals surface area contributed by atoms with Gasteiger partial charge in [-0.25, -0.2) is 0 Å². The van der Waals surface area contributed by atoms with E-state index in [1.807, 2.05) is 12.1 Å². The number of nitrogens with one attached hydrogen (secondary N) is 1. The lowest BCUT2D eigenvalue weighted by molar-refractivity contribution is -0.137. The number of fused-ring (bicyclic) bond motifs is 1. The van der Waals surface area contributed by atoms with Crippen molar-refractivity contribution in [3.8, 4) is 11.5 Å². The number of alkyl halides is 3. The Kier molecular flexibility index (Phi) is 9.21. The normalized spacial score (nSPS) is 16.8. The lowest BCUT2D eigenvalue weighted by Crippen LogP contribution is -2.44. The fourth-order valence-electron chi connectivity index (χ4n) is 6.04. The Hall–Kier alpha value is -4.51. The van der Waals surface area contributed by atoms with Crippen LogP contribution in [0.2, 0.25) is 0 Å². The highest BCUT2D eigenvalue weighted by Gasteiger charge is 2.31. The predicted octanol–water partition coefficient (Wildman–Crippen LogP) is 6.54. The highest BCUT2D eigenvalue weighted by atomic mass is 19.4. The van der Waals surface area contributed by atoms with E-state index in [0.717, 1.165) is 50.4 Å². The molecule has 242 valence electrons. The molecule has 0 bridgehead atoms. The molecule has 0 aliphatic carbocycles. The van der Waals surface area contributed by atoms with Crippen LogP contribution < -0.4 is 14.8 Å². The van der Waals surface area contributed by atoms with Gasteiger partial charge >= 0.3 is 6.18 Å². The van der Waals surface area contributed by atoms with Crippen LogP contribution in [0.4, 0.5) is 13.2 Å². The molecule has 8 nitrogen and oxygen atoms in total. The molecule has 2 saturated heterocycles. The highest BCUT2D eigenvalue weighted by Crippen LogP contribution is 2.31. The van der Waals surface area contributed by atoms with Crippen LogP contribution in [0.1, 0.15) is 57.7 Å². The number of benzene rings is 3. The summed E-state index contributed by atoms with van der Waals surface area (Å²) in [6.45, 7) is 3.52. The standard InChI is InChI=1S/C35H36F3N3O5/c1-44-28-7-2-23(3-8-28)22-40-16-12-27(13-17-40)39-33(42)32-21-25-20-24(4-11-31(25)46-32)34(43)41-18-14-30(15-19-41)45-29-9-5-26(6-10-29)35(36,37)38/h2-11,20-21,27,30H,12-19,22H2,1H3,(H,39,42). The molecule has 0 unspecified atom stereocenters. The Bertz CT molecular complexity index is 1650. The molecule has 2 aliphatic heterocycles. The van der Waals surface area contributed by atoms with E-state index in [0.29, 0.717) is 48.2 Å². The van der Waals surface area contributed by atoms with Crippen molar-refractivity contribution in [2.75, 3.05) is 33.3 Å². The second kappa shape index (κ2) is 13.5. The number of hydrogen-bond donors (Lipinski definition) is 1. The van der Waals surface area contributed by atoms with Gasteiger partial charge in [0.25, 0.3) is 11.8 Å². The van der Waals surface area contributed by atoms with Gasteiger partial charge in [-0.15, -0.1) is 0 Å². The van der Waals surface area contributed by atoms with E-state index in [9.17, 15) is 22.8 Å². The van der Waals surface area contributed by atoms with Crippen molar-refractivity contribution in [3.05, 3.63) is 95.2 Å². The third-order valence-corrected chi connectivity index (χ3v) is 8.69. The Labute approximate surface area is 265 Å². The zero-order chi connectivity index (χ0) is 32.3. The van der Waals surface area contributed by atoms with Gasteiger partial charge in [0.1, 0.15) is 23.2 Å². The van der Waals surface area contributed by atoms with E-state index in [2.05, 4.69) is 22.3 Å². The topological polar surface area (TPSA) is 84.2 Å². The lowest BCUT2D eigenvalue weighted by Gasteiger charge is -2.32. The molecule has 6 rings (SSSR count). The van der Waals surface area contributed by atoms with E-state index in [1.165, 1.54) is 17.7 Å². The van der Waals surface area contributed by atoms with Gasteiger partial charge in [0.2, 0.25) is 0 Å². The number of piperidine rings is 2. The van der Waals surface area contributed by atoms with Gasteiger partial charge in [0.05, 0.1) is 12.7 Å². The van der Waals surface area contributed by atoms with Gasteiger partial charge in [0, 0.05) is 62.6 Å². The summed E-state index contributed by atoms with van der Waals surface area (Å²) in [7, 11) is 1.65. The van der Waals surface area contributed by atoms with Crippen LogP contribution in [0.5, 0.6) is 11.5 Å². The molecule has 4 aromatic rings. The molecule has 0 atom stereocenters. The first-order valence-electron chi connectivity index (χ1n) is 15.5. The van der Waals surface area contributed by atoms with E-state index in [4.69, 9.17) is 13.9 Å². The fourth-order valence-corrected chi connectivity index (χ4v) is 6.04. The number of hydrogen-bond acceptors (Lipinski definition) is 6. The SMILES string of the molecule is COc1ccc(CN2CCC(NC(=O)c3cc4cc(C(=O)N5CCC(Oc6ccc(C(F)(F)F)cc6)CC5)ccc4o3)CC2)cc1. The average Bonchev–Trinajstić information content (AvgIpc) is 3.50. The van der Waals surface area contributed by atoms with E-state index < -0.39 is 11.7 Å². The number of likely N-dealkylation sites (tertiary alicyclic amines) is 2. The summed E-state index contributed by atoms with van der Waals surface area (Å²) in [5, 5.41) is 3.77. The minimum atomic E-state index is -4.39. The molecule has 2 aliphatic rings. The summed E-state index contributed by atoms with van der Waals surface area (Å²) in [4.78, 5) is 30.4. The molecule has 1 N–H and O–H groups in total. The monoisotopic (exact) mass is 635 g/mol. The number of furan rings is 1. The maximum absolute atomic E-state index is 13.3. The molecule has 46 heavy (non-hydrogen) atoms. The van der Waals surface area contributed by atoms with Crippen LogP contribution in [0.25, 0.3) is 11.0 Å². The molecule has 2 amide bonds. The zero-order valence-corrected chi connectivity index (χ0v) is 25.5. The molecule has 0 saturated carbocycles. The van der Waals surface area contributed by atoms with E-state index in [1.54, 1.807) is 36.3 Å². The summed E-state index contributed by atoms with van der Waals surface area (Å²) in [6.07, 6.45) is -1.79. The molecular weight excluding hydrogens is 599 g/mol. The second-order valence-electron chi connectivity index (χ2n) is 11.9. The number of amides is 2. The molecule has 3 aromatic carbocycles. The van der Waals surface area contributed by atoms with Crippen LogP contribution in [0, 0.1) is 0 Å². The van der Waals surface area contributed by atoms with Crippen molar-refractivity contribution in [2.45, 2.75) is 50.6 Å². The third kappa shape index (κ3) is 7.47. The number of halogens is 3. The van der Waals surface area contributed by atoms with Crippen LogP contribution in [0.15, 0.2) is 77.2 Å². The van der Waals surface area contributed by atoms with Crippen molar-refractivity contribution >= 4 is 22.8 Å². The first kappa shape index (κ1) is 31.5. The number of nitrogens with zero attached hydrogens (tertiary/aromatic N) is 2. The molecule has 3 heterocycles. The second-order valence-corrected chi connectivity index (χ2v) is 11.9. The van der Waals surface area contributed by atoms with E-state index in [-0.39, 0.29) is 29.7 Å². The summed E-state index contributed by atoms with van der Waals surface area (Å²) in [5.41, 5.74) is 1.52. The smallest absolute Gasteiger partial charge is 0.416 e. The highest BCUT2D eigenvalue weighted by molar-refractivity contribution is 6.00. The number of rotatable bonds is 8. The Morgan fingerprint density at radius 3 is 2.20 bits per heavy atom. The molecule has 11 heteroatoms. The van der Waals surface area contributed by atoms with Crippen LogP contribution >= 0.6 is 0 Å². The molecule has 1 aromatic heterocycles. The van der Waals surface area contributed by atoms with Crippen molar-refractivity contribution in [3.63, 3.8) is 0 Å². The quantitative estimate of drug-likeness (QED) is 0.237. The maximum atomic E-state index is 13.3. The minimum absolute atomic E-state index is 0.0520. The summed E-state index contributed by atoms with van der Waals surface area (Å²) >= 11 is 0. The molecule has 0 spiro atoms.